The highest BCUT2D eigenvalue weighted by Crippen LogP contribution is 2.14. The Hall–Kier alpha value is -2.66. The van der Waals surface area contributed by atoms with E-state index in [0.717, 1.165) is 6.54 Å². The molecule has 2 rings (SSSR count). The lowest BCUT2D eigenvalue weighted by atomic mass is 10.2. The fraction of sp³-hybridized carbons (Fsp3) is 0.300. The quantitative estimate of drug-likeness (QED) is 0.812. The van der Waals surface area contributed by atoms with Gasteiger partial charge in [-0.3, -0.25) is 14.5 Å². The Kier molecular flexibility index (Phi) is 6.71. The Labute approximate surface area is 149 Å². The molecule has 0 radical (unpaired) electrons. The van der Waals surface area contributed by atoms with Crippen LogP contribution in [0.3, 0.4) is 0 Å². The molecule has 2 aromatic rings. The average molecular weight is 339 g/mol. The SMILES string of the molecule is CC(=O)Nc1ccc(NC(=O)CN(Cc2ccccc2)C(C)C)cc1. The number of nitrogens with zero attached hydrogens (tertiary/aromatic N) is 1. The summed E-state index contributed by atoms with van der Waals surface area (Å²) >= 11 is 0. The fourth-order valence-corrected chi connectivity index (χ4v) is 2.46. The van der Waals surface area contributed by atoms with Crippen molar-refractivity contribution in [3.63, 3.8) is 0 Å². The zero-order valence-corrected chi connectivity index (χ0v) is 15.0. The summed E-state index contributed by atoms with van der Waals surface area (Å²) < 4.78 is 0. The monoisotopic (exact) mass is 339 g/mol. The number of anilines is 2. The van der Waals surface area contributed by atoms with Crippen LogP contribution in [0.25, 0.3) is 0 Å². The maximum Gasteiger partial charge on any atom is 0.238 e. The Morgan fingerprint density at radius 1 is 0.920 bits per heavy atom. The minimum Gasteiger partial charge on any atom is -0.326 e. The lowest BCUT2D eigenvalue weighted by Crippen LogP contribution is -2.37. The van der Waals surface area contributed by atoms with Crippen molar-refractivity contribution >= 4 is 23.2 Å². The summed E-state index contributed by atoms with van der Waals surface area (Å²) in [7, 11) is 0. The van der Waals surface area contributed by atoms with Crippen LogP contribution in [-0.4, -0.2) is 29.3 Å². The van der Waals surface area contributed by atoms with Crippen molar-refractivity contribution in [3.05, 3.63) is 60.2 Å². The number of rotatable bonds is 7. The average Bonchev–Trinajstić information content (AvgIpc) is 2.56. The molecule has 0 unspecified atom stereocenters. The molecule has 5 heteroatoms. The molecule has 5 nitrogen and oxygen atoms in total. The number of nitrogens with one attached hydrogen (secondary N) is 2. The minimum atomic E-state index is -0.120. The molecule has 2 amide bonds. The molecule has 0 aromatic heterocycles. The molecule has 2 aromatic carbocycles. The van der Waals surface area contributed by atoms with E-state index in [9.17, 15) is 9.59 Å². The van der Waals surface area contributed by atoms with Crippen molar-refractivity contribution < 1.29 is 9.59 Å². The fourth-order valence-electron chi connectivity index (χ4n) is 2.46. The van der Waals surface area contributed by atoms with Crippen molar-refractivity contribution in [2.75, 3.05) is 17.2 Å². The van der Waals surface area contributed by atoms with E-state index in [4.69, 9.17) is 0 Å². The lowest BCUT2D eigenvalue weighted by molar-refractivity contribution is -0.118. The molecule has 0 saturated heterocycles. The van der Waals surface area contributed by atoms with Crippen LogP contribution < -0.4 is 10.6 Å². The third-order valence-corrected chi connectivity index (χ3v) is 3.79. The van der Waals surface area contributed by atoms with Gasteiger partial charge in [-0.15, -0.1) is 0 Å². The van der Waals surface area contributed by atoms with Crippen LogP contribution in [0.15, 0.2) is 54.6 Å². The number of benzene rings is 2. The van der Waals surface area contributed by atoms with E-state index in [2.05, 4.69) is 41.5 Å². The van der Waals surface area contributed by atoms with E-state index < -0.39 is 0 Å². The van der Waals surface area contributed by atoms with E-state index in [-0.39, 0.29) is 17.9 Å². The summed E-state index contributed by atoms with van der Waals surface area (Å²) in [5.41, 5.74) is 2.60. The summed E-state index contributed by atoms with van der Waals surface area (Å²) in [6, 6.07) is 17.5. The molecule has 25 heavy (non-hydrogen) atoms. The zero-order chi connectivity index (χ0) is 18.2. The normalized spacial score (nSPS) is 10.8. The van der Waals surface area contributed by atoms with Crippen molar-refractivity contribution in [1.29, 1.82) is 0 Å². The smallest absolute Gasteiger partial charge is 0.238 e. The molecule has 0 spiro atoms. The highest BCUT2D eigenvalue weighted by molar-refractivity contribution is 5.93. The summed E-state index contributed by atoms with van der Waals surface area (Å²) in [4.78, 5) is 25.5. The van der Waals surface area contributed by atoms with E-state index in [1.165, 1.54) is 12.5 Å². The van der Waals surface area contributed by atoms with E-state index >= 15 is 0 Å². The van der Waals surface area contributed by atoms with Gasteiger partial charge < -0.3 is 10.6 Å². The number of hydrogen-bond acceptors (Lipinski definition) is 3. The molecule has 0 atom stereocenters. The van der Waals surface area contributed by atoms with Crippen molar-refractivity contribution in [2.24, 2.45) is 0 Å². The van der Waals surface area contributed by atoms with Crippen molar-refractivity contribution in [3.8, 4) is 0 Å². The highest BCUT2D eigenvalue weighted by atomic mass is 16.2. The van der Waals surface area contributed by atoms with E-state index in [1.807, 2.05) is 18.2 Å². The van der Waals surface area contributed by atoms with E-state index in [0.29, 0.717) is 17.9 Å². The van der Waals surface area contributed by atoms with Crippen LogP contribution >= 0.6 is 0 Å². The predicted molar refractivity (Wildman–Crippen MR) is 101 cm³/mol. The number of hydrogen-bond donors (Lipinski definition) is 2. The zero-order valence-electron chi connectivity index (χ0n) is 15.0. The first-order valence-electron chi connectivity index (χ1n) is 8.39. The van der Waals surface area contributed by atoms with Gasteiger partial charge >= 0.3 is 0 Å². The molecule has 0 bridgehead atoms. The maximum atomic E-state index is 12.4. The number of carbonyl (C=O) groups excluding carboxylic acids is 2. The van der Waals surface area contributed by atoms with Crippen LogP contribution in [-0.2, 0) is 16.1 Å². The van der Waals surface area contributed by atoms with Crippen molar-refractivity contribution in [1.82, 2.24) is 4.90 Å². The van der Waals surface area contributed by atoms with E-state index in [1.54, 1.807) is 24.3 Å². The predicted octanol–water partition coefficient (Wildman–Crippen LogP) is 3.49. The topological polar surface area (TPSA) is 61.4 Å². The lowest BCUT2D eigenvalue weighted by Gasteiger charge is -2.26. The van der Waals surface area contributed by atoms with Crippen LogP contribution in [0.5, 0.6) is 0 Å². The molecular formula is C20H25N3O2. The summed E-state index contributed by atoms with van der Waals surface area (Å²) in [5, 5.41) is 5.60. The van der Waals surface area contributed by atoms with Crippen LogP contribution in [0.2, 0.25) is 0 Å². The van der Waals surface area contributed by atoms with Gasteiger partial charge in [0.25, 0.3) is 0 Å². The van der Waals surface area contributed by atoms with Gasteiger partial charge in [0.1, 0.15) is 0 Å². The first-order valence-corrected chi connectivity index (χ1v) is 8.39. The molecule has 132 valence electrons. The largest absolute Gasteiger partial charge is 0.326 e. The second-order valence-electron chi connectivity index (χ2n) is 6.29. The summed E-state index contributed by atoms with van der Waals surface area (Å²) in [6.07, 6.45) is 0. The van der Waals surface area contributed by atoms with Crippen molar-refractivity contribution in [2.45, 2.75) is 33.4 Å². The molecule has 0 aliphatic rings. The Balaban J connectivity index is 1.93. The van der Waals surface area contributed by atoms with Crippen LogP contribution in [0, 0.1) is 0 Å². The highest BCUT2D eigenvalue weighted by Gasteiger charge is 2.14. The van der Waals surface area contributed by atoms with Gasteiger partial charge in [-0.1, -0.05) is 30.3 Å². The third-order valence-electron chi connectivity index (χ3n) is 3.79. The Morgan fingerprint density at radius 2 is 1.48 bits per heavy atom. The molecular weight excluding hydrogens is 314 g/mol. The van der Waals surface area contributed by atoms with Gasteiger partial charge in [0.2, 0.25) is 11.8 Å². The molecule has 0 saturated carbocycles. The third kappa shape index (κ3) is 6.39. The van der Waals surface area contributed by atoms with Gasteiger partial charge in [0.05, 0.1) is 6.54 Å². The molecule has 0 aliphatic carbocycles. The maximum absolute atomic E-state index is 12.4. The van der Waals surface area contributed by atoms with Gasteiger partial charge in [-0.05, 0) is 43.7 Å². The summed E-state index contributed by atoms with van der Waals surface area (Å²) in [5.74, 6) is -0.179. The summed E-state index contributed by atoms with van der Waals surface area (Å²) in [6.45, 7) is 6.67. The Morgan fingerprint density at radius 3 is 2.00 bits per heavy atom. The minimum absolute atomic E-state index is 0.0584. The standard InChI is InChI=1S/C20H25N3O2/c1-15(2)23(13-17-7-5-4-6-8-17)14-20(25)22-19-11-9-18(10-12-19)21-16(3)24/h4-12,15H,13-14H2,1-3H3,(H,21,24)(H,22,25). The second kappa shape index (κ2) is 8.99. The molecule has 0 aliphatic heterocycles. The van der Waals surface area contributed by atoms with Crippen LogP contribution in [0.1, 0.15) is 26.3 Å². The first-order chi connectivity index (χ1) is 11.9. The number of amides is 2. The molecule has 0 heterocycles. The van der Waals surface area contributed by atoms with Gasteiger partial charge in [0, 0.05) is 30.9 Å². The molecule has 0 fully saturated rings. The molecule has 2 N–H and O–H groups in total. The van der Waals surface area contributed by atoms with Gasteiger partial charge in [-0.25, -0.2) is 0 Å². The second-order valence-corrected chi connectivity index (χ2v) is 6.29. The van der Waals surface area contributed by atoms with Gasteiger partial charge in [-0.2, -0.15) is 0 Å². The number of carbonyl (C=O) groups is 2. The first kappa shape index (κ1) is 18.7. The van der Waals surface area contributed by atoms with Crippen LogP contribution in [0.4, 0.5) is 11.4 Å². The Bertz CT molecular complexity index is 697. The van der Waals surface area contributed by atoms with Gasteiger partial charge in [0.15, 0.2) is 0 Å².